The first kappa shape index (κ1) is 15.5. The van der Waals surface area contributed by atoms with Gasteiger partial charge in [-0.3, -0.25) is 4.79 Å². The van der Waals surface area contributed by atoms with Crippen LogP contribution in [0.5, 0.6) is 0 Å². The standard InChI is InChI=1S/C17H27FO2/c1-12-7-8-14-15(3,4)9-6-10-16(14,5)17(12,18)11-20-13(2)19/h14H,1,6-11H2,2-5H3/t14-,16-,17+/m0/s1. The van der Waals surface area contributed by atoms with Gasteiger partial charge in [0.2, 0.25) is 0 Å². The van der Waals surface area contributed by atoms with Crippen LogP contribution in [-0.4, -0.2) is 18.2 Å². The molecular weight excluding hydrogens is 255 g/mol. The number of rotatable bonds is 2. The molecule has 0 N–H and O–H groups in total. The molecule has 3 atom stereocenters. The summed E-state index contributed by atoms with van der Waals surface area (Å²) in [5.41, 5.74) is -1.31. The van der Waals surface area contributed by atoms with E-state index in [0.29, 0.717) is 17.9 Å². The predicted octanol–water partition coefficient (Wildman–Crippen LogP) is 4.44. The number of esters is 1. The lowest BCUT2D eigenvalue weighted by atomic mass is 9.46. The lowest BCUT2D eigenvalue weighted by Crippen LogP contribution is -2.59. The van der Waals surface area contributed by atoms with Crippen LogP contribution in [0.15, 0.2) is 12.2 Å². The molecule has 2 fully saturated rings. The molecule has 3 heteroatoms. The lowest BCUT2D eigenvalue weighted by Gasteiger charge is -2.59. The summed E-state index contributed by atoms with van der Waals surface area (Å²) >= 11 is 0. The molecule has 114 valence electrons. The van der Waals surface area contributed by atoms with Crippen LogP contribution in [0.25, 0.3) is 0 Å². The Bertz CT molecular complexity index is 429. The SMILES string of the molecule is C=C1CC[C@H]2C(C)(C)CCC[C@]2(C)[C@@]1(F)COC(C)=O. The summed E-state index contributed by atoms with van der Waals surface area (Å²) in [4.78, 5) is 11.1. The molecule has 0 unspecified atom stereocenters. The summed E-state index contributed by atoms with van der Waals surface area (Å²) < 4.78 is 20.9. The van der Waals surface area contributed by atoms with E-state index in [0.717, 1.165) is 25.7 Å². The number of hydrogen-bond donors (Lipinski definition) is 0. The summed E-state index contributed by atoms with van der Waals surface area (Å²) in [6.07, 6.45) is 4.70. The van der Waals surface area contributed by atoms with Crippen LogP contribution in [0.4, 0.5) is 4.39 Å². The average molecular weight is 282 g/mol. The zero-order chi connectivity index (χ0) is 15.2. The largest absolute Gasteiger partial charge is 0.462 e. The first-order valence-electron chi connectivity index (χ1n) is 7.64. The van der Waals surface area contributed by atoms with Gasteiger partial charge in [-0.25, -0.2) is 4.39 Å². The maximum absolute atomic E-state index is 15.8. The molecule has 2 aliphatic rings. The van der Waals surface area contributed by atoms with E-state index in [2.05, 4.69) is 20.4 Å². The van der Waals surface area contributed by atoms with Crippen LogP contribution in [0, 0.1) is 16.7 Å². The van der Waals surface area contributed by atoms with Crippen molar-refractivity contribution in [3.8, 4) is 0 Å². The second-order valence-electron chi connectivity index (χ2n) is 7.54. The molecular formula is C17H27FO2. The fourth-order valence-electron chi connectivity index (χ4n) is 4.69. The van der Waals surface area contributed by atoms with Gasteiger partial charge in [0.25, 0.3) is 0 Å². The molecule has 0 aromatic heterocycles. The van der Waals surface area contributed by atoms with Crippen molar-refractivity contribution >= 4 is 5.97 Å². The van der Waals surface area contributed by atoms with E-state index < -0.39 is 17.1 Å². The number of ether oxygens (including phenoxy) is 1. The molecule has 0 aliphatic heterocycles. The summed E-state index contributed by atoms with van der Waals surface area (Å²) in [6, 6.07) is 0. The number of halogens is 1. The van der Waals surface area contributed by atoms with Crippen LogP contribution in [0.1, 0.15) is 59.8 Å². The van der Waals surface area contributed by atoms with Gasteiger partial charge in [0, 0.05) is 12.3 Å². The van der Waals surface area contributed by atoms with Crippen LogP contribution >= 0.6 is 0 Å². The van der Waals surface area contributed by atoms with Crippen molar-refractivity contribution in [3.05, 3.63) is 12.2 Å². The van der Waals surface area contributed by atoms with Crippen molar-refractivity contribution in [1.82, 2.24) is 0 Å². The third kappa shape index (κ3) is 2.19. The lowest BCUT2D eigenvalue weighted by molar-refractivity contribution is -0.162. The zero-order valence-corrected chi connectivity index (χ0v) is 13.2. The van der Waals surface area contributed by atoms with Gasteiger partial charge in [0.1, 0.15) is 6.61 Å². The first-order chi connectivity index (χ1) is 9.13. The van der Waals surface area contributed by atoms with Gasteiger partial charge in [-0.1, -0.05) is 33.8 Å². The smallest absolute Gasteiger partial charge is 0.302 e. The van der Waals surface area contributed by atoms with Gasteiger partial charge in [0.05, 0.1) is 0 Å². The number of fused-ring (bicyclic) bond motifs is 1. The van der Waals surface area contributed by atoms with E-state index in [1.54, 1.807) is 0 Å². The minimum absolute atomic E-state index is 0.140. The molecule has 0 saturated heterocycles. The highest BCUT2D eigenvalue weighted by Crippen LogP contribution is 2.63. The number of carbonyl (C=O) groups is 1. The van der Waals surface area contributed by atoms with E-state index >= 15 is 4.39 Å². The molecule has 2 aliphatic carbocycles. The number of hydrogen-bond acceptors (Lipinski definition) is 2. The molecule has 0 radical (unpaired) electrons. The van der Waals surface area contributed by atoms with Gasteiger partial charge < -0.3 is 4.74 Å². The summed E-state index contributed by atoms with van der Waals surface area (Å²) in [7, 11) is 0. The van der Waals surface area contributed by atoms with Gasteiger partial charge in [-0.15, -0.1) is 0 Å². The van der Waals surface area contributed by atoms with Gasteiger partial charge in [0.15, 0.2) is 5.67 Å². The molecule has 0 heterocycles. The molecule has 0 amide bonds. The molecule has 2 saturated carbocycles. The van der Waals surface area contributed by atoms with Gasteiger partial charge in [-0.05, 0) is 42.6 Å². The molecule has 20 heavy (non-hydrogen) atoms. The highest BCUT2D eigenvalue weighted by molar-refractivity contribution is 5.66. The van der Waals surface area contributed by atoms with Crippen molar-refractivity contribution in [2.45, 2.75) is 65.5 Å². The fraction of sp³-hybridized carbons (Fsp3) is 0.824. The Hall–Kier alpha value is -0.860. The van der Waals surface area contributed by atoms with Crippen molar-refractivity contribution in [3.63, 3.8) is 0 Å². The van der Waals surface area contributed by atoms with E-state index in [9.17, 15) is 4.79 Å². The Labute approximate surface area is 121 Å². The van der Waals surface area contributed by atoms with E-state index in [1.807, 2.05) is 6.92 Å². The Morgan fingerprint density at radius 1 is 1.40 bits per heavy atom. The average Bonchev–Trinajstić information content (AvgIpc) is 2.32. The van der Waals surface area contributed by atoms with E-state index in [-0.39, 0.29) is 12.0 Å². The van der Waals surface area contributed by atoms with Crippen LogP contribution in [0.3, 0.4) is 0 Å². The van der Waals surface area contributed by atoms with Gasteiger partial charge >= 0.3 is 5.97 Å². The number of carbonyl (C=O) groups excluding carboxylic acids is 1. The summed E-state index contributed by atoms with van der Waals surface area (Å²) in [6.45, 7) is 11.6. The third-order valence-electron chi connectivity index (χ3n) is 5.90. The summed E-state index contributed by atoms with van der Waals surface area (Å²) in [5.74, 6) is -0.106. The molecule has 2 rings (SSSR count). The minimum atomic E-state index is -1.58. The predicted molar refractivity (Wildman–Crippen MR) is 78.1 cm³/mol. The Morgan fingerprint density at radius 2 is 2.05 bits per heavy atom. The highest BCUT2D eigenvalue weighted by Gasteiger charge is 2.62. The van der Waals surface area contributed by atoms with Crippen molar-refractivity contribution in [2.75, 3.05) is 6.61 Å². The first-order valence-corrected chi connectivity index (χ1v) is 7.64. The number of alkyl halides is 1. The quantitative estimate of drug-likeness (QED) is 0.553. The normalized spacial score (nSPS) is 40.0. The van der Waals surface area contributed by atoms with Crippen LogP contribution < -0.4 is 0 Å². The molecule has 0 spiro atoms. The monoisotopic (exact) mass is 282 g/mol. The topological polar surface area (TPSA) is 26.3 Å². The van der Waals surface area contributed by atoms with E-state index in [4.69, 9.17) is 4.74 Å². The summed E-state index contributed by atoms with van der Waals surface area (Å²) in [5, 5.41) is 0. The van der Waals surface area contributed by atoms with Crippen molar-refractivity contribution in [2.24, 2.45) is 16.7 Å². The van der Waals surface area contributed by atoms with Crippen molar-refractivity contribution in [1.29, 1.82) is 0 Å². The molecule has 0 aromatic rings. The fourth-order valence-corrected chi connectivity index (χ4v) is 4.69. The second kappa shape index (κ2) is 4.85. The zero-order valence-electron chi connectivity index (χ0n) is 13.2. The third-order valence-corrected chi connectivity index (χ3v) is 5.90. The molecule has 0 aromatic carbocycles. The Kier molecular flexibility index (Phi) is 3.77. The highest BCUT2D eigenvalue weighted by atomic mass is 19.1. The Morgan fingerprint density at radius 3 is 2.65 bits per heavy atom. The minimum Gasteiger partial charge on any atom is -0.462 e. The van der Waals surface area contributed by atoms with Crippen molar-refractivity contribution < 1.29 is 13.9 Å². The van der Waals surface area contributed by atoms with Crippen LogP contribution in [0.2, 0.25) is 0 Å². The molecule has 0 bridgehead atoms. The maximum Gasteiger partial charge on any atom is 0.302 e. The van der Waals surface area contributed by atoms with Crippen LogP contribution in [-0.2, 0) is 9.53 Å². The van der Waals surface area contributed by atoms with Gasteiger partial charge in [-0.2, -0.15) is 0 Å². The van der Waals surface area contributed by atoms with E-state index in [1.165, 1.54) is 6.92 Å². The molecule has 2 nitrogen and oxygen atoms in total. The maximum atomic E-state index is 15.8. The Balaban J connectivity index is 2.37. The second-order valence-corrected chi connectivity index (χ2v) is 7.54.